The Morgan fingerprint density at radius 3 is 2.75 bits per heavy atom. The standard InChI is InChI=1S/C17H14ClF3N4OS2/c1-2-25-15(13-4-3-7-27-13)23-24-16(25)28-9-14(26)22-10-5-6-12(18)11(8-10)17(19,20)21/h3-8H,2,9H2,1H3,(H,22,26). The van der Waals surface area contributed by atoms with Gasteiger partial charge < -0.3 is 9.88 Å². The number of hydrogen-bond donors (Lipinski definition) is 1. The lowest BCUT2D eigenvalue weighted by atomic mass is 10.2. The molecule has 0 aliphatic rings. The number of alkyl halides is 3. The lowest BCUT2D eigenvalue weighted by Crippen LogP contribution is -2.15. The summed E-state index contributed by atoms with van der Waals surface area (Å²) in [4.78, 5) is 13.1. The fourth-order valence-corrected chi connectivity index (χ4v) is 4.16. The summed E-state index contributed by atoms with van der Waals surface area (Å²) in [6.45, 7) is 2.56. The van der Waals surface area contributed by atoms with Gasteiger partial charge in [-0.1, -0.05) is 29.4 Å². The first-order valence-electron chi connectivity index (χ1n) is 8.06. The van der Waals surface area contributed by atoms with E-state index in [-0.39, 0.29) is 11.4 Å². The van der Waals surface area contributed by atoms with Gasteiger partial charge in [0.25, 0.3) is 0 Å². The molecule has 0 aliphatic carbocycles. The minimum Gasteiger partial charge on any atom is -0.325 e. The van der Waals surface area contributed by atoms with E-state index >= 15 is 0 Å². The van der Waals surface area contributed by atoms with Gasteiger partial charge in [0.05, 0.1) is 21.2 Å². The van der Waals surface area contributed by atoms with E-state index in [4.69, 9.17) is 11.6 Å². The van der Waals surface area contributed by atoms with Crippen molar-refractivity contribution in [1.29, 1.82) is 0 Å². The van der Waals surface area contributed by atoms with Gasteiger partial charge in [0, 0.05) is 12.2 Å². The summed E-state index contributed by atoms with van der Waals surface area (Å²) in [6.07, 6.45) is -4.59. The van der Waals surface area contributed by atoms with E-state index in [1.54, 1.807) is 0 Å². The number of benzene rings is 1. The predicted octanol–water partition coefficient (Wildman–Crippen LogP) is 5.43. The minimum atomic E-state index is -4.59. The number of hydrogen-bond acceptors (Lipinski definition) is 5. The zero-order chi connectivity index (χ0) is 20.3. The third kappa shape index (κ3) is 4.68. The molecule has 148 valence electrons. The number of thioether (sulfide) groups is 1. The zero-order valence-electron chi connectivity index (χ0n) is 14.5. The van der Waals surface area contributed by atoms with Gasteiger partial charge in [-0.2, -0.15) is 13.2 Å². The minimum absolute atomic E-state index is 0.0213. The molecule has 0 radical (unpaired) electrons. The average molecular weight is 447 g/mol. The number of nitrogens with one attached hydrogen (secondary N) is 1. The fraction of sp³-hybridized carbons (Fsp3) is 0.235. The van der Waals surface area contributed by atoms with E-state index < -0.39 is 22.7 Å². The van der Waals surface area contributed by atoms with Gasteiger partial charge in [0.15, 0.2) is 11.0 Å². The molecular weight excluding hydrogens is 433 g/mol. The summed E-state index contributed by atoms with van der Waals surface area (Å²) in [5.74, 6) is 0.240. The maximum Gasteiger partial charge on any atom is 0.417 e. The zero-order valence-corrected chi connectivity index (χ0v) is 16.8. The van der Waals surface area contributed by atoms with Crippen LogP contribution in [0.5, 0.6) is 0 Å². The largest absolute Gasteiger partial charge is 0.417 e. The Kier molecular flexibility index (Phi) is 6.31. The molecule has 0 atom stereocenters. The monoisotopic (exact) mass is 446 g/mol. The normalized spacial score (nSPS) is 11.6. The molecule has 3 aromatic rings. The maximum absolute atomic E-state index is 12.9. The lowest BCUT2D eigenvalue weighted by molar-refractivity contribution is -0.137. The van der Waals surface area contributed by atoms with E-state index in [1.807, 2.05) is 29.0 Å². The van der Waals surface area contributed by atoms with Crippen LogP contribution >= 0.6 is 34.7 Å². The Balaban J connectivity index is 1.67. The third-order valence-corrected chi connectivity index (χ3v) is 5.82. The van der Waals surface area contributed by atoms with Crippen molar-refractivity contribution in [3.05, 3.63) is 46.3 Å². The second-order valence-electron chi connectivity index (χ2n) is 5.56. The van der Waals surface area contributed by atoms with Crippen LogP contribution in [0.4, 0.5) is 18.9 Å². The summed E-state index contributed by atoms with van der Waals surface area (Å²) in [5, 5.41) is 12.8. The highest BCUT2D eigenvalue weighted by atomic mass is 35.5. The van der Waals surface area contributed by atoms with Crippen LogP contribution in [0.15, 0.2) is 40.9 Å². The molecule has 0 fully saturated rings. The van der Waals surface area contributed by atoms with Crippen molar-refractivity contribution in [3.63, 3.8) is 0 Å². The number of thiophene rings is 1. The molecule has 0 aliphatic heterocycles. The molecule has 11 heteroatoms. The molecular formula is C17H14ClF3N4OS2. The van der Waals surface area contributed by atoms with Gasteiger partial charge in [-0.05, 0) is 36.6 Å². The number of carbonyl (C=O) groups excluding carboxylic acids is 1. The van der Waals surface area contributed by atoms with Crippen LogP contribution in [0.25, 0.3) is 10.7 Å². The topological polar surface area (TPSA) is 59.8 Å². The smallest absolute Gasteiger partial charge is 0.325 e. The number of rotatable bonds is 6. The molecule has 2 aromatic heterocycles. The summed E-state index contributed by atoms with van der Waals surface area (Å²) in [5.41, 5.74) is -0.968. The van der Waals surface area contributed by atoms with E-state index in [0.29, 0.717) is 17.5 Å². The van der Waals surface area contributed by atoms with Crippen molar-refractivity contribution < 1.29 is 18.0 Å². The lowest BCUT2D eigenvalue weighted by Gasteiger charge is -2.11. The molecule has 5 nitrogen and oxygen atoms in total. The van der Waals surface area contributed by atoms with Gasteiger partial charge >= 0.3 is 6.18 Å². The number of aromatic nitrogens is 3. The molecule has 1 amide bonds. The molecule has 1 N–H and O–H groups in total. The highest BCUT2D eigenvalue weighted by Gasteiger charge is 2.33. The van der Waals surface area contributed by atoms with E-state index in [0.717, 1.165) is 28.8 Å². The first kappa shape index (κ1) is 20.7. The first-order valence-corrected chi connectivity index (χ1v) is 10.3. The van der Waals surface area contributed by atoms with Crippen LogP contribution in [0.2, 0.25) is 5.02 Å². The van der Waals surface area contributed by atoms with Gasteiger partial charge in [-0.3, -0.25) is 4.79 Å². The van der Waals surface area contributed by atoms with Crippen molar-refractivity contribution in [3.8, 4) is 10.7 Å². The van der Waals surface area contributed by atoms with Crippen LogP contribution in [0, 0.1) is 0 Å². The average Bonchev–Trinajstić information content (AvgIpc) is 3.29. The van der Waals surface area contributed by atoms with Crippen LogP contribution in [0.3, 0.4) is 0 Å². The Bertz CT molecular complexity index is 973. The Morgan fingerprint density at radius 2 is 2.11 bits per heavy atom. The quantitative estimate of drug-likeness (QED) is 0.513. The number of halogens is 4. The summed E-state index contributed by atoms with van der Waals surface area (Å²) >= 11 is 8.28. The van der Waals surface area contributed by atoms with Gasteiger partial charge in [-0.15, -0.1) is 21.5 Å². The SMILES string of the molecule is CCn1c(SCC(=O)Nc2ccc(Cl)c(C(F)(F)F)c2)nnc1-c1cccs1. The Morgan fingerprint density at radius 1 is 1.32 bits per heavy atom. The molecule has 0 saturated carbocycles. The number of carbonyl (C=O) groups is 1. The first-order chi connectivity index (χ1) is 13.3. The van der Waals surface area contributed by atoms with Crippen molar-refractivity contribution in [2.45, 2.75) is 24.8 Å². The summed E-state index contributed by atoms with van der Waals surface area (Å²) < 4.78 is 40.6. The van der Waals surface area contributed by atoms with Crippen molar-refractivity contribution in [2.75, 3.05) is 11.1 Å². The van der Waals surface area contributed by atoms with E-state index in [2.05, 4.69) is 15.5 Å². The van der Waals surface area contributed by atoms with Crippen LogP contribution < -0.4 is 5.32 Å². The van der Waals surface area contributed by atoms with Crippen LogP contribution in [0.1, 0.15) is 12.5 Å². The molecule has 0 spiro atoms. The summed E-state index contributed by atoms with van der Waals surface area (Å²) in [7, 11) is 0. The molecule has 0 bridgehead atoms. The van der Waals surface area contributed by atoms with Crippen molar-refractivity contribution in [1.82, 2.24) is 14.8 Å². The Hall–Kier alpha value is -2.04. The molecule has 28 heavy (non-hydrogen) atoms. The molecule has 1 aromatic carbocycles. The van der Waals surface area contributed by atoms with Gasteiger partial charge in [-0.25, -0.2) is 0 Å². The number of amides is 1. The number of nitrogens with zero attached hydrogens (tertiary/aromatic N) is 3. The van der Waals surface area contributed by atoms with Gasteiger partial charge in [0.1, 0.15) is 0 Å². The molecule has 2 heterocycles. The molecule has 0 saturated heterocycles. The van der Waals surface area contributed by atoms with Crippen LogP contribution in [-0.4, -0.2) is 26.4 Å². The predicted molar refractivity (Wildman–Crippen MR) is 105 cm³/mol. The molecule has 0 unspecified atom stereocenters. The van der Waals surface area contributed by atoms with E-state index in [9.17, 15) is 18.0 Å². The van der Waals surface area contributed by atoms with Crippen LogP contribution in [-0.2, 0) is 17.5 Å². The van der Waals surface area contributed by atoms with Crippen molar-refractivity contribution in [2.24, 2.45) is 0 Å². The second kappa shape index (κ2) is 8.54. The van der Waals surface area contributed by atoms with Gasteiger partial charge in [0.2, 0.25) is 5.91 Å². The number of anilines is 1. The van der Waals surface area contributed by atoms with E-state index in [1.165, 1.54) is 17.4 Å². The Labute approximate surface area is 171 Å². The third-order valence-electron chi connectivity index (χ3n) is 3.66. The second-order valence-corrected chi connectivity index (χ2v) is 7.85. The fourth-order valence-electron chi connectivity index (χ4n) is 2.42. The highest BCUT2D eigenvalue weighted by Crippen LogP contribution is 2.36. The van der Waals surface area contributed by atoms with Crippen molar-refractivity contribution >= 4 is 46.3 Å². The maximum atomic E-state index is 12.9. The molecule has 3 rings (SSSR count). The highest BCUT2D eigenvalue weighted by molar-refractivity contribution is 7.99. The summed E-state index contributed by atoms with van der Waals surface area (Å²) in [6, 6.07) is 7.09.